The van der Waals surface area contributed by atoms with Gasteiger partial charge in [-0.15, -0.1) is 0 Å². The summed E-state index contributed by atoms with van der Waals surface area (Å²) >= 11 is 0. The van der Waals surface area contributed by atoms with Gasteiger partial charge in [0.25, 0.3) is 0 Å². The Hall–Kier alpha value is -0.120. The van der Waals surface area contributed by atoms with E-state index in [1.54, 1.807) is 0 Å². The van der Waals surface area contributed by atoms with Crippen molar-refractivity contribution in [2.24, 2.45) is 11.8 Å². The van der Waals surface area contributed by atoms with Crippen molar-refractivity contribution >= 4 is 0 Å². The maximum absolute atomic E-state index is 5.85. The molecular formula is C11H19NO2. The molecule has 3 heteroatoms. The molecule has 3 unspecified atom stereocenters. The van der Waals surface area contributed by atoms with Gasteiger partial charge < -0.3 is 14.8 Å². The summed E-state index contributed by atoms with van der Waals surface area (Å²) in [6.07, 6.45) is 4.94. The lowest BCUT2D eigenvalue weighted by molar-refractivity contribution is -0.0151. The maximum atomic E-state index is 5.85. The zero-order valence-corrected chi connectivity index (χ0v) is 8.58. The zero-order valence-electron chi connectivity index (χ0n) is 8.58. The summed E-state index contributed by atoms with van der Waals surface area (Å²) in [6.45, 7) is 4.06. The molecular weight excluding hydrogens is 178 g/mol. The molecule has 2 saturated heterocycles. The second kappa shape index (κ2) is 3.80. The summed E-state index contributed by atoms with van der Waals surface area (Å²) in [7, 11) is 0. The summed E-state index contributed by atoms with van der Waals surface area (Å²) in [6, 6.07) is 0. The molecule has 2 bridgehead atoms. The predicted molar refractivity (Wildman–Crippen MR) is 53.2 cm³/mol. The average Bonchev–Trinajstić information content (AvgIpc) is 2.50. The van der Waals surface area contributed by atoms with E-state index in [2.05, 4.69) is 5.32 Å². The van der Waals surface area contributed by atoms with E-state index < -0.39 is 0 Å². The molecule has 3 nitrogen and oxygen atoms in total. The van der Waals surface area contributed by atoms with Gasteiger partial charge in [-0.05, 0) is 31.1 Å². The summed E-state index contributed by atoms with van der Waals surface area (Å²) in [5.74, 6) is 1.57. The number of hydrogen-bond acceptors (Lipinski definition) is 3. The van der Waals surface area contributed by atoms with Crippen LogP contribution in [0.15, 0.2) is 0 Å². The van der Waals surface area contributed by atoms with Crippen LogP contribution in [0, 0.1) is 11.8 Å². The highest BCUT2D eigenvalue weighted by atomic mass is 16.5. The van der Waals surface area contributed by atoms with Crippen LogP contribution in [0.1, 0.15) is 19.3 Å². The Morgan fingerprint density at radius 2 is 2.21 bits per heavy atom. The molecule has 14 heavy (non-hydrogen) atoms. The van der Waals surface area contributed by atoms with Crippen molar-refractivity contribution in [3.63, 3.8) is 0 Å². The van der Waals surface area contributed by atoms with Gasteiger partial charge in [0.05, 0.1) is 25.4 Å². The number of hydrogen-bond donors (Lipinski definition) is 1. The van der Waals surface area contributed by atoms with Gasteiger partial charge in [0, 0.05) is 13.1 Å². The van der Waals surface area contributed by atoms with Gasteiger partial charge >= 0.3 is 0 Å². The number of ether oxygens (including phenoxy) is 2. The topological polar surface area (TPSA) is 30.5 Å². The largest absolute Gasteiger partial charge is 0.378 e. The molecule has 3 fully saturated rings. The Labute approximate surface area is 85.1 Å². The van der Waals surface area contributed by atoms with Gasteiger partial charge in [0.2, 0.25) is 0 Å². The molecule has 1 saturated carbocycles. The minimum absolute atomic E-state index is 0.495. The van der Waals surface area contributed by atoms with E-state index >= 15 is 0 Å². The molecule has 0 amide bonds. The molecule has 0 aromatic heterocycles. The number of nitrogens with one attached hydrogen (secondary N) is 1. The third-order valence-electron chi connectivity index (χ3n) is 3.93. The van der Waals surface area contributed by atoms with E-state index in [9.17, 15) is 0 Å². The lowest BCUT2D eigenvalue weighted by atomic mass is 9.81. The first-order valence-corrected chi connectivity index (χ1v) is 5.86. The van der Waals surface area contributed by atoms with E-state index in [4.69, 9.17) is 9.47 Å². The lowest BCUT2D eigenvalue weighted by Crippen LogP contribution is -2.49. The van der Waals surface area contributed by atoms with E-state index in [1.807, 2.05) is 0 Å². The van der Waals surface area contributed by atoms with E-state index in [0.29, 0.717) is 12.2 Å². The molecule has 0 radical (unpaired) electrons. The molecule has 80 valence electrons. The monoisotopic (exact) mass is 197 g/mol. The molecule has 2 heterocycles. The zero-order chi connectivity index (χ0) is 9.38. The van der Waals surface area contributed by atoms with Crippen molar-refractivity contribution in [2.75, 3.05) is 26.3 Å². The number of fused-ring (bicyclic) bond motifs is 2. The quantitative estimate of drug-likeness (QED) is 0.725. The second-order valence-corrected chi connectivity index (χ2v) is 4.90. The Morgan fingerprint density at radius 1 is 1.29 bits per heavy atom. The van der Waals surface area contributed by atoms with E-state index in [1.165, 1.54) is 19.3 Å². The smallest absolute Gasteiger partial charge is 0.0823 e. The normalized spacial score (nSPS) is 42.4. The lowest BCUT2D eigenvalue weighted by Gasteiger charge is -2.32. The first-order valence-electron chi connectivity index (χ1n) is 5.86. The maximum Gasteiger partial charge on any atom is 0.0823 e. The standard InChI is InChI=1S/C11H19NO2/c1-2-10-3-9(7-13-10)8(1)6-14-11-4-12-5-11/h8-12H,1-7H2. The summed E-state index contributed by atoms with van der Waals surface area (Å²) in [5, 5.41) is 3.23. The van der Waals surface area contributed by atoms with Crippen LogP contribution in [0.25, 0.3) is 0 Å². The molecule has 3 atom stereocenters. The molecule has 0 aromatic rings. The molecule has 2 aliphatic heterocycles. The van der Waals surface area contributed by atoms with E-state index in [-0.39, 0.29) is 0 Å². The predicted octanol–water partition coefficient (Wildman–Crippen LogP) is 0.790. The van der Waals surface area contributed by atoms with Crippen molar-refractivity contribution < 1.29 is 9.47 Å². The molecule has 0 spiro atoms. The van der Waals surface area contributed by atoms with Crippen molar-refractivity contribution in [3.8, 4) is 0 Å². The van der Waals surface area contributed by atoms with Gasteiger partial charge in [-0.3, -0.25) is 0 Å². The van der Waals surface area contributed by atoms with Crippen LogP contribution in [0.5, 0.6) is 0 Å². The van der Waals surface area contributed by atoms with Crippen LogP contribution in [0.2, 0.25) is 0 Å². The van der Waals surface area contributed by atoms with Crippen molar-refractivity contribution in [2.45, 2.75) is 31.5 Å². The summed E-state index contributed by atoms with van der Waals surface area (Å²) < 4.78 is 11.5. The summed E-state index contributed by atoms with van der Waals surface area (Å²) in [5.41, 5.74) is 0. The fraction of sp³-hybridized carbons (Fsp3) is 1.00. The van der Waals surface area contributed by atoms with Crippen LogP contribution in [0.4, 0.5) is 0 Å². The Kier molecular flexibility index (Phi) is 2.48. The van der Waals surface area contributed by atoms with Crippen molar-refractivity contribution in [1.82, 2.24) is 5.32 Å². The van der Waals surface area contributed by atoms with Crippen LogP contribution < -0.4 is 5.32 Å². The highest BCUT2D eigenvalue weighted by molar-refractivity contribution is 4.86. The van der Waals surface area contributed by atoms with E-state index in [0.717, 1.165) is 38.1 Å². The van der Waals surface area contributed by atoms with Gasteiger partial charge in [-0.2, -0.15) is 0 Å². The third-order valence-corrected chi connectivity index (χ3v) is 3.93. The van der Waals surface area contributed by atoms with Crippen LogP contribution >= 0.6 is 0 Å². The Bertz CT molecular complexity index is 205. The highest BCUT2D eigenvalue weighted by Gasteiger charge is 2.37. The van der Waals surface area contributed by atoms with Crippen LogP contribution in [0.3, 0.4) is 0 Å². The molecule has 0 aromatic carbocycles. The van der Waals surface area contributed by atoms with Crippen molar-refractivity contribution in [3.05, 3.63) is 0 Å². The van der Waals surface area contributed by atoms with Crippen molar-refractivity contribution in [1.29, 1.82) is 0 Å². The fourth-order valence-electron chi connectivity index (χ4n) is 2.76. The van der Waals surface area contributed by atoms with Gasteiger partial charge in [-0.25, -0.2) is 0 Å². The SMILES string of the molecule is C1CC(COC2CNC2)C2COC1C2. The molecule has 3 rings (SSSR count). The molecule has 1 aliphatic carbocycles. The summed E-state index contributed by atoms with van der Waals surface area (Å²) in [4.78, 5) is 0. The van der Waals surface area contributed by atoms with Crippen LogP contribution in [-0.4, -0.2) is 38.5 Å². The Morgan fingerprint density at radius 3 is 3.00 bits per heavy atom. The Balaban J connectivity index is 1.47. The molecule has 3 aliphatic rings. The minimum Gasteiger partial charge on any atom is -0.378 e. The van der Waals surface area contributed by atoms with Crippen LogP contribution in [-0.2, 0) is 9.47 Å². The number of rotatable bonds is 3. The second-order valence-electron chi connectivity index (χ2n) is 4.90. The fourth-order valence-corrected chi connectivity index (χ4v) is 2.76. The average molecular weight is 197 g/mol. The third kappa shape index (κ3) is 1.69. The highest BCUT2D eigenvalue weighted by Crippen LogP contribution is 2.37. The van der Waals surface area contributed by atoms with Gasteiger partial charge in [0.15, 0.2) is 0 Å². The first kappa shape index (κ1) is 9.13. The molecule has 1 N–H and O–H groups in total. The van der Waals surface area contributed by atoms with Gasteiger partial charge in [-0.1, -0.05) is 0 Å². The minimum atomic E-state index is 0.495. The first-order chi connectivity index (χ1) is 6.92. The van der Waals surface area contributed by atoms with Gasteiger partial charge in [0.1, 0.15) is 0 Å².